The molecule has 2 unspecified atom stereocenters. The molecular weight excluding hydrogens is 390 g/mol. The van der Waals surface area contributed by atoms with Gasteiger partial charge in [-0.15, -0.1) is 0 Å². The molecule has 1 aromatic rings. The molecule has 2 rings (SSSR count). The summed E-state index contributed by atoms with van der Waals surface area (Å²) in [5.74, 6) is -1.46. The molecule has 1 fully saturated rings. The van der Waals surface area contributed by atoms with Crippen molar-refractivity contribution in [2.75, 3.05) is 11.9 Å². The van der Waals surface area contributed by atoms with Crippen molar-refractivity contribution < 1.29 is 19.1 Å². The summed E-state index contributed by atoms with van der Waals surface area (Å²) in [6.07, 6.45) is 1.56. The molecule has 1 saturated heterocycles. The minimum Gasteiger partial charge on any atom is -0.480 e. The van der Waals surface area contributed by atoms with E-state index in [2.05, 4.69) is 5.32 Å². The number of benzene rings is 1. The molecule has 0 aromatic heterocycles. The SMILES string of the molecule is CC1CCCN(C(=O)Nc2ccc(F)cc2I)C1C(=O)O. The first-order chi connectivity index (χ1) is 9.90. The first-order valence-electron chi connectivity index (χ1n) is 6.65. The molecule has 2 atom stereocenters. The van der Waals surface area contributed by atoms with E-state index >= 15 is 0 Å². The molecular formula is C14H16FIN2O3. The van der Waals surface area contributed by atoms with Gasteiger partial charge in [0.2, 0.25) is 0 Å². The highest BCUT2D eigenvalue weighted by molar-refractivity contribution is 14.1. The molecule has 114 valence electrons. The molecule has 2 N–H and O–H groups in total. The molecule has 0 spiro atoms. The van der Waals surface area contributed by atoms with Crippen molar-refractivity contribution in [1.82, 2.24) is 4.90 Å². The Hall–Kier alpha value is -1.38. The average molecular weight is 406 g/mol. The first-order valence-corrected chi connectivity index (χ1v) is 7.73. The number of halogens is 2. The highest BCUT2D eigenvalue weighted by atomic mass is 127. The number of amides is 2. The zero-order valence-corrected chi connectivity index (χ0v) is 13.6. The zero-order chi connectivity index (χ0) is 15.6. The first kappa shape index (κ1) is 16.0. The lowest BCUT2D eigenvalue weighted by Crippen LogP contribution is -2.53. The van der Waals surface area contributed by atoms with Gasteiger partial charge in [-0.05, 0) is 59.5 Å². The number of likely N-dealkylation sites (tertiary alicyclic amines) is 1. The lowest BCUT2D eigenvalue weighted by Gasteiger charge is -2.37. The minimum absolute atomic E-state index is 0.0886. The van der Waals surface area contributed by atoms with Crippen LogP contribution in [0.3, 0.4) is 0 Å². The van der Waals surface area contributed by atoms with Crippen LogP contribution < -0.4 is 5.32 Å². The number of anilines is 1. The number of hydrogen-bond donors (Lipinski definition) is 2. The fourth-order valence-corrected chi connectivity index (χ4v) is 3.18. The Morgan fingerprint density at radius 2 is 2.19 bits per heavy atom. The second kappa shape index (κ2) is 6.59. The van der Waals surface area contributed by atoms with E-state index in [-0.39, 0.29) is 11.7 Å². The molecule has 0 aliphatic carbocycles. The topological polar surface area (TPSA) is 69.6 Å². The van der Waals surface area contributed by atoms with Crippen LogP contribution in [0.15, 0.2) is 18.2 Å². The molecule has 1 aromatic carbocycles. The second-order valence-electron chi connectivity index (χ2n) is 5.15. The molecule has 0 saturated carbocycles. The third-order valence-electron chi connectivity index (χ3n) is 3.62. The number of urea groups is 1. The van der Waals surface area contributed by atoms with Crippen molar-refractivity contribution >= 4 is 40.3 Å². The van der Waals surface area contributed by atoms with Crippen molar-refractivity contribution in [3.8, 4) is 0 Å². The molecule has 1 aliphatic heterocycles. The van der Waals surface area contributed by atoms with Crippen LogP contribution in [0.25, 0.3) is 0 Å². The fourth-order valence-electron chi connectivity index (χ4n) is 2.57. The summed E-state index contributed by atoms with van der Waals surface area (Å²) in [5, 5.41) is 12.0. The van der Waals surface area contributed by atoms with E-state index in [1.165, 1.54) is 23.1 Å². The van der Waals surface area contributed by atoms with Crippen LogP contribution in [0, 0.1) is 15.3 Å². The standard InChI is InChI=1S/C14H16FIN2O3/c1-8-3-2-6-18(12(8)13(19)20)14(21)17-11-5-4-9(15)7-10(11)16/h4-5,7-8,12H,2-3,6H2,1H3,(H,17,21)(H,19,20). The van der Waals surface area contributed by atoms with Gasteiger partial charge in [0.25, 0.3) is 0 Å². The Labute approximate surface area is 135 Å². The van der Waals surface area contributed by atoms with Crippen molar-refractivity contribution in [1.29, 1.82) is 0 Å². The Bertz CT molecular complexity index is 567. The highest BCUT2D eigenvalue weighted by Crippen LogP contribution is 2.25. The summed E-state index contributed by atoms with van der Waals surface area (Å²) >= 11 is 1.92. The number of nitrogens with zero attached hydrogens (tertiary/aromatic N) is 1. The van der Waals surface area contributed by atoms with Crippen LogP contribution >= 0.6 is 22.6 Å². The summed E-state index contributed by atoms with van der Waals surface area (Å²) in [7, 11) is 0. The number of carbonyl (C=O) groups is 2. The van der Waals surface area contributed by atoms with E-state index in [0.717, 1.165) is 12.8 Å². The Morgan fingerprint density at radius 1 is 1.48 bits per heavy atom. The normalized spacial score (nSPS) is 22.0. The van der Waals surface area contributed by atoms with Crippen LogP contribution in [0.5, 0.6) is 0 Å². The van der Waals surface area contributed by atoms with Crippen molar-refractivity contribution in [3.63, 3.8) is 0 Å². The van der Waals surface area contributed by atoms with Gasteiger partial charge in [0.05, 0.1) is 5.69 Å². The van der Waals surface area contributed by atoms with Gasteiger partial charge >= 0.3 is 12.0 Å². The van der Waals surface area contributed by atoms with Gasteiger partial charge in [0.1, 0.15) is 11.9 Å². The summed E-state index contributed by atoms with van der Waals surface area (Å²) in [6, 6.07) is 2.75. The van der Waals surface area contributed by atoms with E-state index in [0.29, 0.717) is 15.8 Å². The lowest BCUT2D eigenvalue weighted by molar-refractivity contribution is -0.145. The monoisotopic (exact) mass is 406 g/mol. The molecule has 0 radical (unpaired) electrons. The quantitative estimate of drug-likeness (QED) is 0.742. The maximum atomic E-state index is 13.1. The van der Waals surface area contributed by atoms with Crippen LogP contribution in [0.4, 0.5) is 14.9 Å². The van der Waals surface area contributed by atoms with Crippen molar-refractivity contribution in [2.24, 2.45) is 5.92 Å². The Morgan fingerprint density at radius 3 is 2.81 bits per heavy atom. The molecule has 5 nitrogen and oxygen atoms in total. The number of carbonyl (C=O) groups excluding carboxylic acids is 1. The van der Waals surface area contributed by atoms with E-state index < -0.39 is 18.0 Å². The lowest BCUT2D eigenvalue weighted by atomic mass is 9.91. The number of piperidine rings is 1. The fraction of sp³-hybridized carbons (Fsp3) is 0.429. The maximum Gasteiger partial charge on any atom is 0.326 e. The summed E-state index contributed by atoms with van der Waals surface area (Å²) < 4.78 is 13.6. The number of rotatable bonds is 2. The third-order valence-corrected chi connectivity index (χ3v) is 4.51. The summed E-state index contributed by atoms with van der Waals surface area (Å²) in [6.45, 7) is 2.24. The molecule has 21 heavy (non-hydrogen) atoms. The van der Waals surface area contributed by atoms with Gasteiger partial charge < -0.3 is 15.3 Å². The van der Waals surface area contributed by atoms with Gasteiger partial charge in [0.15, 0.2) is 0 Å². The second-order valence-corrected chi connectivity index (χ2v) is 6.31. The summed E-state index contributed by atoms with van der Waals surface area (Å²) in [5.41, 5.74) is 0.476. The highest BCUT2D eigenvalue weighted by Gasteiger charge is 2.37. The average Bonchev–Trinajstić information content (AvgIpc) is 2.41. The van der Waals surface area contributed by atoms with E-state index in [9.17, 15) is 19.1 Å². The van der Waals surface area contributed by atoms with Gasteiger partial charge in [-0.1, -0.05) is 6.92 Å². The molecule has 0 bridgehead atoms. The van der Waals surface area contributed by atoms with E-state index in [1.807, 2.05) is 29.5 Å². The largest absolute Gasteiger partial charge is 0.480 e. The molecule has 7 heteroatoms. The van der Waals surface area contributed by atoms with Crippen LogP contribution in [-0.4, -0.2) is 34.6 Å². The minimum atomic E-state index is -0.994. The Balaban J connectivity index is 2.16. The van der Waals surface area contributed by atoms with Crippen LogP contribution in [-0.2, 0) is 4.79 Å². The van der Waals surface area contributed by atoms with Crippen molar-refractivity contribution in [3.05, 3.63) is 27.6 Å². The third kappa shape index (κ3) is 3.63. The predicted octanol–water partition coefficient (Wildman–Crippen LogP) is 3.15. The van der Waals surface area contributed by atoms with E-state index in [4.69, 9.17) is 0 Å². The number of nitrogens with one attached hydrogen (secondary N) is 1. The van der Waals surface area contributed by atoms with Crippen LogP contribution in [0.1, 0.15) is 19.8 Å². The molecule has 2 amide bonds. The molecule has 1 aliphatic rings. The van der Waals surface area contributed by atoms with Crippen molar-refractivity contribution in [2.45, 2.75) is 25.8 Å². The van der Waals surface area contributed by atoms with Crippen LogP contribution in [0.2, 0.25) is 0 Å². The Kier molecular flexibility index (Phi) is 5.02. The predicted molar refractivity (Wildman–Crippen MR) is 84.7 cm³/mol. The molecule has 1 heterocycles. The zero-order valence-electron chi connectivity index (χ0n) is 11.5. The van der Waals surface area contributed by atoms with Gasteiger partial charge in [-0.3, -0.25) is 0 Å². The number of hydrogen-bond acceptors (Lipinski definition) is 2. The van der Waals surface area contributed by atoms with Gasteiger partial charge in [-0.2, -0.15) is 0 Å². The summed E-state index contributed by atoms with van der Waals surface area (Å²) in [4.78, 5) is 25.0. The maximum absolute atomic E-state index is 13.1. The van der Waals surface area contributed by atoms with E-state index in [1.54, 1.807) is 0 Å². The van der Waals surface area contributed by atoms with Gasteiger partial charge in [0, 0.05) is 10.1 Å². The number of aliphatic carboxylic acids is 1. The van der Waals surface area contributed by atoms with Gasteiger partial charge in [-0.25, -0.2) is 14.0 Å². The smallest absolute Gasteiger partial charge is 0.326 e. The number of carboxylic acid groups (broad SMARTS) is 1. The number of carboxylic acids is 1.